The van der Waals surface area contributed by atoms with Crippen molar-refractivity contribution in [2.24, 2.45) is 0 Å². The molecule has 0 unspecified atom stereocenters. The smallest absolute Gasteiger partial charge is 0.0892 e. The number of benzene rings is 6. The topological polar surface area (TPSA) is 35.6 Å². The van der Waals surface area contributed by atoms with Gasteiger partial charge < -0.3 is 9.13 Å². The van der Waals surface area contributed by atoms with Crippen LogP contribution in [0.5, 0.6) is 0 Å². The number of hydrogen-bond donors (Lipinski definition) is 0. The molecule has 0 amide bonds. The molecule has 0 aliphatic heterocycles. The number of hydrogen-bond acceptors (Lipinski definition) is 2. The molecular formula is C46H30N4. The molecule has 0 aliphatic rings. The van der Waals surface area contributed by atoms with Crippen molar-refractivity contribution in [3.8, 4) is 45.0 Å². The van der Waals surface area contributed by atoms with Crippen molar-refractivity contribution in [2.45, 2.75) is 0 Å². The first-order valence-electron chi connectivity index (χ1n) is 16.9. The van der Waals surface area contributed by atoms with Gasteiger partial charge in [0.2, 0.25) is 0 Å². The molecule has 4 aromatic heterocycles. The van der Waals surface area contributed by atoms with Crippen molar-refractivity contribution in [2.75, 3.05) is 0 Å². The highest BCUT2D eigenvalue weighted by molar-refractivity contribution is 6.11. The van der Waals surface area contributed by atoms with Crippen LogP contribution in [-0.2, 0) is 0 Å². The van der Waals surface area contributed by atoms with Gasteiger partial charge in [-0.2, -0.15) is 0 Å². The molecule has 0 spiro atoms. The van der Waals surface area contributed by atoms with Crippen molar-refractivity contribution in [3.63, 3.8) is 0 Å². The molecule has 10 rings (SSSR count). The van der Waals surface area contributed by atoms with E-state index < -0.39 is 0 Å². The highest BCUT2D eigenvalue weighted by Crippen LogP contribution is 2.37. The van der Waals surface area contributed by atoms with Gasteiger partial charge in [-0.3, -0.25) is 9.97 Å². The molecule has 10 aromatic rings. The summed E-state index contributed by atoms with van der Waals surface area (Å²) in [4.78, 5) is 9.57. The standard InChI is InChI=1S/C46H30N4/c1-3-11-35(12-4-1)49-43-17-9-7-15-37(43)39-27-31(19-21-45(39)49)33-23-25-47-41(29-33)42-30-34(24-26-48-42)32-20-22-46-40(28-32)38-16-8-10-18-44(38)50(46)36-13-5-2-6-14-36/h1-30H. The van der Waals surface area contributed by atoms with Crippen LogP contribution in [0.4, 0.5) is 0 Å². The SMILES string of the molecule is c1ccc(-n2c3ccccc3c3cc(-c4ccnc(-c5cc(-c6ccc7c(c6)c6ccccc6n7-c6ccccc6)ccn5)c4)ccc32)cc1. The number of para-hydroxylation sites is 4. The fraction of sp³-hybridized carbons (Fsp3) is 0. The first-order chi connectivity index (χ1) is 24.8. The predicted molar refractivity (Wildman–Crippen MR) is 207 cm³/mol. The van der Waals surface area contributed by atoms with E-state index in [-0.39, 0.29) is 0 Å². The summed E-state index contributed by atoms with van der Waals surface area (Å²) in [7, 11) is 0. The Morgan fingerprint density at radius 1 is 0.300 bits per heavy atom. The third-order valence-electron chi connectivity index (χ3n) is 9.82. The third kappa shape index (κ3) is 4.54. The molecule has 0 N–H and O–H groups in total. The molecule has 0 fully saturated rings. The van der Waals surface area contributed by atoms with Crippen LogP contribution in [0.15, 0.2) is 182 Å². The Bertz CT molecular complexity index is 2670. The first-order valence-corrected chi connectivity index (χ1v) is 16.9. The van der Waals surface area contributed by atoms with Crippen molar-refractivity contribution in [1.82, 2.24) is 19.1 Å². The lowest BCUT2D eigenvalue weighted by Crippen LogP contribution is -1.93. The van der Waals surface area contributed by atoms with Crippen LogP contribution in [0.25, 0.3) is 88.6 Å². The zero-order valence-electron chi connectivity index (χ0n) is 27.1. The summed E-state index contributed by atoms with van der Waals surface area (Å²) in [5.74, 6) is 0. The summed E-state index contributed by atoms with van der Waals surface area (Å²) >= 11 is 0. The molecule has 0 saturated carbocycles. The summed E-state index contributed by atoms with van der Waals surface area (Å²) in [6.07, 6.45) is 3.78. The maximum Gasteiger partial charge on any atom is 0.0892 e. The number of rotatable bonds is 5. The highest BCUT2D eigenvalue weighted by atomic mass is 15.0. The van der Waals surface area contributed by atoms with E-state index in [1.807, 2.05) is 12.4 Å². The molecule has 0 atom stereocenters. The second-order valence-electron chi connectivity index (χ2n) is 12.7. The summed E-state index contributed by atoms with van der Waals surface area (Å²) < 4.78 is 4.69. The van der Waals surface area contributed by atoms with E-state index in [9.17, 15) is 0 Å². The highest BCUT2D eigenvalue weighted by Gasteiger charge is 2.15. The zero-order valence-corrected chi connectivity index (χ0v) is 27.1. The number of fused-ring (bicyclic) bond motifs is 6. The molecule has 0 saturated heterocycles. The lowest BCUT2D eigenvalue weighted by atomic mass is 10.0. The van der Waals surface area contributed by atoms with Gasteiger partial charge in [-0.15, -0.1) is 0 Å². The molecule has 6 aromatic carbocycles. The summed E-state index contributed by atoms with van der Waals surface area (Å²) in [5, 5.41) is 4.93. The van der Waals surface area contributed by atoms with Crippen LogP contribution < -0.4 is 0 Å². The van der Waals surface area contributed by atoms with Crippen LogP contribution in [0.2, 0.25) is 0 Å². The molecule has 234 valence electrons. The van der Waals surface area contributed by atoms with Gasteiger partial charge in [0.25, 0.3) is 0 Å². The second kappa shape index (κ2) is 11.4. The Hall–Kier alpha value is -6.78. The molecule has 0 aliphatic carbocycles. The predicted octanol–water partition coefficient (Wildman–Crippen LogP) is 11.7. The van der Waals surface area contributed by atoms with Crippen LogP contribution in [-0.4, -0.2) is 19.1 Å². The van der Waals surface area contributed by atoms with E-state index in [2.05, 4.69) is 179 Å². The van der Waals surface area contributed by atoms with E-state index in [0.717, 1.165) is 45.0 Å². The fourth-order valence-electron chi connectivity index (χ4n) is 7.52. The first kappa shape index (κ1) is 28.3. The summed E-state index contributed by atoms with van der Waals surface area (Å²) in [5.41, 5.74) is 13.3. The van der Waals surface area contributed by atoms with E-state index in [0.29, 0.717) is 0 Å². The van der Waals surface area contributed by atoms with Gasteiger partial charge in [0, 0.05) is 45.3 Å². The Morgan fingerprint density at radius 3 is 1.14 bits per heavy atom. The van der Waals surface area contributed by atoms with Gasteiger partial charge >= 0.3 is 0 Å². The van der Waals surface area contributed by atoms with Crippen molar-refractivity contribution >= 4 is 43.6 Å². The Labute approximate surface area is 289 Å². The van der Waals surface area contributed by atoms with Gasteiger partial charge in [-0.25, -0.2) is 0 Å². The zero-order chi connectivity index (χ0) is 33.0. The minimum atomic E-state index is 0.845. The third-order valence-corrected chi connectivity index (χ3v) is 9.82. The van der Waals surface area contributed by atoms with Crippen LogP contribution in [0, 0.1) is 0 Å². The number of nitrogens with zero attached hydrogens (tertiary/aromatic N) is 4. The minimum absolute atomic E-state index is 0.845. The largest absolute Gasteiger partial charge is 0.309 e. The van der Waals surface area contributed by atoms with E-state index in [1.165, 1.54) is 43.6 Å². The van der Waals surface area contributed by atoms with Crippen LogP contribution in [0.1, 0.15) is 0 Å². The fourth-order valence-corrected chi connectivity index (χ4v) is 7.52. The Morgan fingerprint density at radius 2 is 0.680 bits per heavy atom. The quantitative estimate of drug-likeness (QED) is 0.188. The lowest BCUT2D eigenvalue weighted by Gasteiger charge is -2.09. The van der Waals surface area contributed by atoms with Crippen molar-refractivity contribution in [3.05, 3.63) is 182 Å². The summed E-state index contributed by atoms with van der Waals surface area (Å²) in [6, 6.07) is 60.4. The normalized spacial score (nSPS) is 11.6. The molecule has 0 radical (unpaired) electrons. The van der Waals surface area contributed by atoms with Gasteiger partial charge in [0.15, 0.2) is 0 Å². The monoisotopic (exact) mass is 638 g/mol. The Balaban J connectivity index is 1.05. The van der Waals surface area contributed by atoms with Gasteiger partial charge in [0.05, 0.1) is 33.5 Å². The van der Waals surface area contributed by atoms with Gasteiger partial charge in [0.1, 0.15) is 0 Å². The molecule has 50 heavy (non-hydrogen) atoms. The minimum Gasteiger partial charge on any atom is -0.309 e. The maximum atomic E-state index is 4.78. The molecule has 4 heterocycles. The van der Waals surface area contributed by atoms with E-state index in [1.54, 1.807) is 0 Å². The van der Waals surface area contributed by atoms with E-state index in [4.69, 9.17) is 9.97 Å². The van der Waals surface area contributed by atoms with Crippen molar-refractivity contribution < 1.29 is 0 Å². The van der Waals surface area contributed by atoms with Crippen molar-refractivity contribution in [1.29, 1.82) is 0 Å². The molecule has 0 bridgehead atoms. The molecule has 4 nitrogen and oxygen atoms in total. The van der Waals surface area contributed by atoms with Gasteiger partial charge in [-0.05, 0) is 107 Å². The van der Waals surface area contributed by atoms with E-state index >= 15 is 0 Å². The average molecular weight is 639 g/mol. The number of aromatic nitrogens is 4. The lowest BCUT2D eigenvalue weighted by molar-refractivity contribution is 1.18. The second-order valence-corrected chi connectivity index (χ2v) is 12.7. The van der Waals surface area contributed by atoms with Gasteiger partial charge in [-0.1, -0.05) is 84.9 Å². The average Bonchev–Trinajstić information content (AvgIpc) is 3.71. The summed E-state index contributed by atoms with van der Waals surface area (Å²) in [6.45, 7) is 0. The van der Waals surface area contributed by atoms with Crippen LogP contribution in [0.3, 0.4) is 0 Å². The maximum absolute atomic E-state index is 4.78. The number of pyridine rings is 2. The van der Waals surface area contributed by atoms with Crippen LogP contribution >= 0.6 is 0 Å². The molecular weight excluding hydrogens is 609 g/mol. The molecule has 4 heteroatoms. The Kier molecular flexibility index (Phi) is 6.46.